The van der Waals surface area contributed by atoms with Gasteiger partial charge in [0.25, 0.3) is 0 Å². The molecule has 0 spiro atoms. The summed E-state index contributed by atoms with van der Waals surface area (Å²) >= 11 is 0. The molecule has 1 aliphatic rings. The number of halogens is 2. The monoisotopic (exact) mass is 521 g/mol. The molecular weight excluding hydrogens is 492 g/mol. The number of hydrogen-bond acceptors (Lipinski definition) is 4. The molecule has 1 aliphatic carbocycles. The molecule has 1 heterocycles. The Morgan fingerprint density at radius 2 is 1.50 bits per heavy atom. The summed E-state index contributed by atoms with van der Waals surface area (Å²) in [6.07, 6.45) is 2.79. The molecule has 2 aromatic carbocycles. The molecule has 1 fully saturated rings. The van der Waals surface area contributed by atoms with Crippen LogP contribution in [0.4, 0.5) is 4.39 Å². The number of pyridine rings is 1. The second kappa shape index (κ2) is 11.1. The van der Waals surface area contributed by atoms with E-state index in [9.17, 15) is 4.39 Å². The predicted octanol–water partition coefficient (Wildman–Crippen LogP) is 4.29. The number of nitrogens with zero attached hydrogens (tertiary/aromatic N) is 1. The fraction of sp³-hybridized carbons (Fsp3) is 0.400. The minimum absolute atomic E-state index is 0. The molecule has 0 unspecified atom stereocenters. The maximum absolute atomic E-state index is 13.7. The Kier molecular flexibility index (Phi) is 8.76. The van der Waals surface area contributed by atoms with Crippen LogP contribution in [0.5, 0.6) is 0 Å². The smallest absolute Gasteiger partial charge is 0.416 e. The molecule has 1 aromatic heterocycles. The van der Waals surface area contributed by atoms with Gasteiger partial charge in [0.15, 0.2) is 6.16 Å². The number of benzene rings is 2. The molecule has 3 aromatic rings. The van der Waals surface area contributed by atoms with Crippen LogP contribution in [-0.2, 0) is 19.7 Å². The van der Waals surface area contributed by atoms with Crippen molar-refractivity contribution < 1.29 is 34.9 Å². The summed E-state index contributed by atoms with van der Waals surface area (Å²) in [5, 5.41) is 1.05. The van der Waals surface area contributed by atoms with Crippen molar-refractivity contribution in [3.05, 3.63) is 65.6 Å². The highest BCUT2D eigenvalue weighted by Crippen LogP contribution is 2.66. The number of hydrogen-bond donors (Lipinski definition) is 0. The van der Waals surface area contributed by atoms with Crippen molar-refractivity contribution in [3.63, 3.8) is 0 Å². The molecular formula is C25H30BrFNO3P. The topological polar surface area (TPSA) is 40.6 Å². The van der Waals surface area contributed by atoms with Crippen molar-refractivity contribution in [1.29, 1.82) is 0 Å². The Morgan fingerprint density at radius 3 is 2.06 bits per heavy atom. The lowest BCUT2D eigenvalue weighted by Crippen LogP contribution is -3.00. The van der Waals surface area contributed by atoms with E-state index in [2.05, 4.69) is 6.07 Å². The van der Waals surface area contributed by atoms with Crippen LogP contribution in [0.1, 0.15) is 50.8 Å². The van der Waals surface area contributed by atoms with E-state index in [0.717, 1.165) is 46.1 Å². The van der Waals surface area contributed by atoms with Gasteiger partial charge in [-0.2, -0.15) is 13.6 Å². The van der Waals surface area contributed by atoms with Gasteiger partial charge in [-0.05, 0) is 57.4 Å². The number of para-hydroxylation sites is 1. The summed E-state index contributed by atoms with van der Waals surface area (Å²) in [4.78, 5) is 5.08. The van der Waals surface area contributed by atoms with E-state index < -0.39 is 7.94 Å². The van der Waals surface area contributed by atoms with Gasteiger partial charge in [-0.3, -0.25) is 4.98 Å². The molecule has 4 nitrogen and oxygen atoms in total. The molecule has 0 atom stereocenters. The average molecular weight is 522 g/mol. The van der Waals surface area contributed by atoms with Gasteiger partial charge in [0.05, 0.1) is 31.0 Å². The van der Waals surface area contributed by atoms with Crippen LogP contribution in [0, 0.1) is 5.82 Å². The van der Waals surface area contributed by atoms with Crippen LogP contribution in [-0.4, -0.2) is 24.8 Å². The third-order valence-corrected chi connectivity index (χ3v) is 8.11. The zero-order chi connectivity index (χ0) is 21.8. The largest absolute Gasteiger partial charge is 1.00 e. The average Bonchev–Trinajstić information content (AvgIpc) is 3.60. The summed E-state index contributed by atoms with van der Waals surface area (Å²) in [7, 11) is -2.61. The Bertz CT molecular complexity index is 1030. The van der Waals surface area contributed by atoms with Gasteiger partial charge in [-0.15, -0.1) is 0 Å². The van der Waals surface area contributed by atoms with Crippen LogP contribution in [0.25, 0.3) is 22.0 Å². The first kappa shape index (κ1) is 25.2. The maximum atomic E-state index is 13.7. The van der Waals surface area contributed by atoms with Gasteiger partial charge in [0, 0.05) is 22.4 Å². The van der Waals surface area contributed by atoms with Gasteiger partial charge in [0.2, 0.25) is 0 Å². The normalized spacial score (nSPS) is 13.9. The summed E-state index contributed by atoms with van der Waals surface area (Å²) < 4.78 is 32.3. The lowest BCUT2D eigenvalue weighted by Gasteiger charge is -2.24. The van der Waals surface area contributed by atoms with E-state index in [-0.39, 0.29) is 22.8 Å². The highest BCUT2D eigenvalue weighted by molar-refractivity contribution is 7.60. The van der Waals surface area contributed by atoms with E-state index >= 15 is 0 Å². The lowest BCUT2D eigenvalue weighted by molar-refractivity contribution is -0.0000128. The highest BCUT2D eigenvalue weighted by atomic mass is 79.9. The molecule has 0 N–H and O–H groups in total. The van der Waals surface area contributed by atoms with Crippen molar-refractivity contribution in [2.75, 3.05) is 19.8 Å². The Hall–Kier alpha value is -1.43. The fourth-order valence-corrected chi connectivity index (χ4v) is 6.49. The molecule has 0 saturated heterocycles. The van der Waals surface area contributed by atoms with Crippen molar-refractivity contribution in [2.24, 2.45) is 0 Å². The second-order valence-electron chi connectivity index (χ2n) is 7.67. The molecule has 1 saturated carbocycles. The molecule has 7 heteroatoms. The number of aromatic nitrogens is 1. The van der Waals surface area contributed by atoms with E-state index in [4.69, 9.17) is 18.6 Å². The summed E-state index contributed by atoms with van der Waals surface area (Å²) in [5.74, 6) is 0.191. The molecule has 0 aliphatic heterocycles. The Morgan fingerprint density at radius 1 is 0.906 bits per heavy atom. The van der Waals surface area contributed by atoms with Gasteiger partial charge in [0.1, 0.15) is 5.82 Å². The van der Waals surface area contributed by atoms with Crippen LogP contribution in [0.15, 0.2) is 48.5 Å². The van der Waals surface area contributed by atoms with E-state index in [1.54, 1.807) is 0 Å². The van der Waals surface area contributed by atoms with E-state index in [0.29, 0.717) is 31.9 Å². The number of rotatable bonds is 10. The molecule has 32 heavy (non-hydrogen) atoms. The van der Waals surface area contributed by atoms with E-state index in [1.807, 2.05) is 51.1 Å². The minimum atomic E-state index is -2.61. The van der Waals surface area contributed by atoms with Crippen molar-refractivity contribution in [2.45, 2.75) is 45.7 Å². The quantitative estimate of drug-likeness (QED) is 0.373. The molecule has 0 bridgehead atoms. The molecule has 0 radical (unpaired) electrons. The highest BCUT2D eigenvalue weighted by Gasteiger charge is 2.47. The standard InChI is InChI=1S/C25H30FNO3P.BrH/c1-4-28-31(29-5-2,30-6-3)17-22-24(18-13-15-20(26)16-14-18)21-9-7-8-10-23(21)27-25(22)19-11-12-19;/h7-10,13-16,19H,4-6,11-12,17H2,1-3H3;1H/q+1;/p-1. The zero-order valence-electron chi connectivity index (χ0n) is 18.8. The van der Waals surface area contributed by atoms with Crippen LogP contribution < -0.4 is 17.0 Å². The summed E-state index contributed by atoms with van der Waals surface area (Å²) in [6, 6.07) is 14.9. The predicted molar refractivity (Wildman–Crippen MR) is 125 cm³/mol. The summed E-state index contributed by atoms with van der Waals surface area (Å²) in [5.41, 5.74) is 5.22. The first-order chi connectivity index (χ1) is 15.1. The van der Waals surface area contributed by atoms with Crippen molar-refractivity contribution >= 4 is 18.8 Å². The summed E-state index contributed by atoms with van der Waals surface area (Å²) in [6.45, 7) is 7.44. The molecule has 4 rings (SSSR count). The first-order valence-corrected chi connectivity index (χ1v) is 12.8. The Balaban J connectivity index is 0.00000289. The first-order valence-electron chi connectivity index (χ1n) is 11.1. The molecule has 0 amide bonds. The fourth-order valence-electron chi connectivity index (χ4n) is 4.10. The van der Waals surface area contributed by atoms with Crippen LogP contribution in [0.3, 0.4) is 0 Å². The zero-order valence-corrected chi connectivity index (χ0v) is 21.3. The SMILES string of the molecule is CCO[P+](Cc1c(C2CC2)nc2ccccc2c1-c1ccc(F)cc1)(OCC)OCC.[Br-]. The number of fused-ring (bicyclic) bond motifs is 1. The molecule has 172 valence electrons. The third-order valence-electron chi connectivity index (χ3n) is 5.45. The van der Waals surface area contributed by atoms with Gasteiger partial charge in [-0.25, -0.2) is 4.39 Å². The third kappa shape index (κ3) is 5.37. The van der Waals surface area contributed by atoms with Gasteiger partial charge in [-0.1, -0.05) is 30.3 Å². The van der Waals surface area contributed by atoms with Crippen molar-refractivity contribution in [1.82, 2.24) is 4.98 Å². The van der Waals surface area contributed by atoms with E-state index in [1.165, 1.54) is 12.1 Å². The van der Waals surface area contributed by atoms with Gasteiger partial charge < -0.3 is 17.0 Å². The van der Waals surface area contributed by atoms with Crippen LogP contribution in [0.2, 0.25) is 0 Å². The lowest BCUT2D eigenvalue weighted by atomic mass is 9.93. The maximum Gasteiger partial charge on any atom is 0.416 e. The second-order valence-corrected chi connectivity index (χ2v) is 9.98. The Labute approximate surface area is 200 Å². The minimum Gasteiger partial charge on any atom is -1.00 e. The van der Waals surface area contributed by atoms with Crippen LogP contribution >= 0.6 is 7.94 Å². The van der Waals surface area contributed by atoms with Crippen molar-refractivity contribution in [3.8, 4) is 11.1 Å². The van der Waals surface area contributed by atoms with Gasteiger partial charge >= 0.3 is 7.94 Å².